The number of furan rings is 3. The molecule has 0 unspecified atom stereocenters. The number of rotatable bonds is 5. The third-order valence-corrected chi connectivity index (χ3v) is 24.1. The van der Waals surface area contributed by atoms with Gasteiger partial charge in [0.25, 0.3) is 0 Å². The van der Waals surface area contributed by atoms with Gasteiger partial charge >= 0.3 is 0 Å². The second-order valence-electron chi connectivity index (χ2n) is 30.9. The molecule has 13 aromatic carbocycles. The van der Waals surface area contributed by atoms with Gasteiger partial charge in [0.15, 0.2) is 0 Å². The highest BCUT2D eigenvalue weighted by molar-refractivity contribution is 6.23. The molecule has 5 aliphatic carbocycles. The van der Waals surface area contributed by atoms with Gasteiger partial charge in [-0.1, -0.05) is 245 Å². The van der Waals surface area contributed by atoms with Gasteiger partial charge in [0, 0.05) is 93.1 Å². The average molecular weight is 1250 g/mol. The summed E-state index contributed by atoms with van der Waals surface area (Å²) in [4.78, 5) is 2.58. The molecule has 0 aliphatic heterocycles. The number of nitrogens with zero attached hydrogens (tertiary/aromatic N) is 1. The Bertz CT molecular complexity index is 6020. The number of hydrogen-bond acceptors (Lipinski definition) is 4. The second-order valence-corrected chi connectivity index (χ2v) is 30.9. The van der Waals surface area contributed by atoms with Crippen molar-refractivity contribution in [2.24, 2.45) is 0 Å². The van der Waals surface area contributed by atoms with E-state index in [-0.39, 0.29) is 10.8 Å². The van der Waals surface area contributed by atoms with E-state index in [2.05, 4.69) is 311 Å². The standard InChI is InChI=1S/C93H69NO3/c1-89(2)67-46-53(40-43-58(67)74-70(89)49-64(86-77(74)61-28-16-21-33-71(61)95-86)52-38-36-51(37-39-52)50-24-12-11-13-25-50)94(54-41-44-59-68(47-54)92(7,8)82-75(59)78-62-29-17-22-34-72(62)96-87(78)80-56-26-14-19-31-65(56)90(3,4)84(80)82)55-42-45-60-69(48-55)93(9,10)83-76(60)79-63-30-18-23-35-73(63)97-88(79)81-57-27-15-20-32-66(57)91(5,6)85(81)83/h11-49H,1-10H3. The Labute approximate surface area is 564 Å². The Balaban J connectivity index is 0.799. The lowest BCUT2D eigenvalue weighted by Gasteiger charge is -2.33. The normalized spacial score (nSPS) is 16.1. The minimum absolute atomic E-state index is 0.282. The monoisotopic (exact) mass is 1250 g/mol. The van der Waals surface area contributed by atoms with Gasteiger partial charge in [-0.05, 0) is 177 Å². The van der Waals surface area contributed by atoms with Gasteiger partial charge in [-0.25, -0.2) is 0 Å². The van der Waals surface area contributed by atoms with Crippen LogP contribution in [0.15, 0.2) is 250 Å². The zero-order chi connectivity index (χ0) is 65.3. The van der Waals surface area contributed by atoms with Crippen LogP contribution in [0.1, 0.15) is 125 Å². The fourth-order valence-electron chi connectivity index (χ4n) is 19.7. The van der Waals surface area contributed by atoms with Gasteiger partial charge in [-0.3, -0.25) is 0 Å². The second kappa shape index (κ2) is 18.3. The van der Waals surface area contributed by atoms with Crippen LogP contribution in [-0.2, 0) is 27.1 Å². The van der Waals surface area contributed by atoms with E-state index >= 15 is 0 Å². The van der Waals surface area contributed by atoms with Crippen LogP contribution in [0, 0.1) is 0 Å². The van der Waals surface area contributed by atoms with Gasteiger partial charge in [0.1, 0.15) is 33.5 Å². The van der Waals surface area contributed by atoms with E-state index in [1.54, 1.807) is 0 Å². The Kier molecular flexibility index (Phi) is 10.5. The maximum absolute atomic E-state index is 7.15. The summed E-state index contributed by atoms with van der Waals surface area (Å²) in [5.41, 5.74) is 37.9. The Hall–Kier alpha value is -10.9. The van der Waals surface area contributed by atoms with Gasteiger partial charge in [-0.2, -0.15) is 0 Å². The topological polar surface area (TPSA) is 42.7 Å². The van der Waals surface area contributed by atoms with Crippen LogP contribution in [0.2, 0.25) is 0 Å². The first-order valence-corrected chi connectivity index (χ1v) is 34.6. The minimum Gasteiger partial charge on any atom is -0.455 e. The summed E-state index contributed by atoms with van der Waals surface area (Å²) in [6, 6.07) is 88.4. The number of para-hydroxylation sites is 3. The molecule has 0 amide bonds. The lowest BCUT2D eigenvalue weighted by atomic mass is 9.72. The van der Waals surface area contributed by atoms with Gasteiger partial charge in [0.05, 0.1) is 0 Å². The van der Waals surface area contributed by atoms with Crippen molar-refractivity contribution in [1.82, 2.24) is 0 Å². The molecular weight excluding hydrogens is 1180 g/mol. The summed E-state index contributed by atoms with van der Waals surface area (Å²) in [5.74, 6) is 0. The van der Waals surface area contributed by atoms with Crippen LogP contribution in [0.5, 0.6) is 0 Å². The molecule has 97 heavy (non-hydrogen) atoms. The van der Waals surface area contributed by atoms with E-state index in [0.717, 1.165) is 77.8 Å². The molecule has 16 aromatic rings. The number of anilines is 3. The highest BCUT2D eigenvalue weighted by Gasteiger charge is 2.51. The Morgan fingerprint density at radius 3 is 1.05 bits per heavy atom. The lowest BCUT2D eigenvalue weighted by molar-refractivity contribution is 0.600. The molecule has 0 saturated heterocycles. The maximum atomic E-state index is 7.15. The molecule has 0 fully saturated rings. The molecule has 0 bridgehead atoms. The van der Waals surface area contributed by atoms with Crippen LogP contribution >= 0.6 is 0 Å². The molecule has 0 saturated carbocycles. The van der Waals surface area contributed by atoms with Crippen molar-refractivity contribution in [2.75, 3.05) is 4.90 Å². The van der Waals surface area contributed by atoms with Crippen LogP contribution in [-0.4, -0.2) is 0 Å². The minimum atomic E-state index is -0.409. The third kappa shape index (κ3) is 6.83. The van der Waals surface area contributed by atoms with Gasteiger partial charge < -0.3 is 18.2 Å². The number of hydrogen-bond donors (Lipinski definition) is 0. The smallest absolute Gasteiger partial charge is 0.144 e. The fraction of sp³-hybridized carbons (Fsp3) is 0.161. The van der Waals surface area contributed by atoms with E-state index in [9.17, 15) is 0 Å². The van der Waals surface area contributed by atoms with Gasteiger partial charge in [-0.15, -0.1) is 0 Å². The van der Waals surface area contributed by atoms with Crippen molar-refractivity contribution in [3.63, 3.8) is 0 Å². The van der Waals surface area contributed by atoms with E-state index in [1.165, 1.54) is 139 Å². The van der Waals surface area contributed by atoms with E-state index in [1.807, 2.05) is 0 Å². The summed E-state index contributed by atoms with van der Waals surface area (Å²) in [6.45, 7) is 24.5. The molecule has 0 N–H and O–H groups in total. The summed E-state index contributed by atoms with van der Waals surface area (Å²) in [7, 11) is 0. The van der Waals surface area contributed by atoms with Crippen molar-refractivity contribution in [3.8, 4) is 77.9 Å². The summed E-state index contributed by atoms with van der Waals surface area (Å²) < 4.78 is 21.4. The highest BCUT2D eigenvalue weighted by atomic mass is 16.3. The van der Waals surface area contributed by atoms with Crippen LogP contribution in [0.4, 0.5) is 17.1 Å². The van der Waals surface area contributed by atoms with Gasteiger partial charge in [0.2, 0.25) is 0 Å². The van der Waals surface area contributed by atoms with E-state index < -0.39 is 16.2 Å². The Morgan fingerprint density at radius 2 is 0.577 bits per heavy atom. The molecule has 3 aromatic heterocycles. The van der Waals surface area contributed by atoms with Crippen molar-refractivity contribution in [1.29, 1.82) is 0 Å². The molecule has 0 atom stereocenters. The Morgan fingerprint density at radius 1 is 0.237 bits per heavy atom. The average Bonchev–Trinajstić information content (AvgIpc) is 1.51. The van der Waals surface area contributed by atoms with Crippen molar-refractivity contribution in [2.45, 2.75) is 96.3 Å². The predicted octanol–water partition coefficient (Wildman–Crippen LogP) is 25.7. The number of benzene rings is 13. The van der Waals surface area contributed by atoms with Crippen molar-refractivity contribution < 1.29 is 13.3 Å². The SMILES string of the molecule is CC1(C)c2cc(N(c3ccc4c(c3)C(C)(C)c3c5c(c6oc7ccccc7c6c3-4)-c3ccccc3C5(C)C)c3ccc4c(c3)C(C)(C)c3c5c(c6oc7ccccc7c6c3-4)-c3ccccc3C5(C)C)ccc2-c2c1cc(-c1ccc(-c3ccccc3)cc1)c1oc3ccccc3c21. The predicted molar refractivity (Wildman–Crippen MR) is 402 cm³/mol. The molecule has 4 heteroatoms. The van der Waals surface area contributed by atoms with Crippen LogP contribution < -0.4 is 4.90 Å². The van der Waals surface area contributed by atoms with E-state index in [0.29, 0.717) is 0 Å². The molecular formula is C93H69NO3. The third-order valence-electron chi connectivity index (χ3n) is 24.1. The lowest BCUT2D eigenvalue weighted by Crippen LogP contribution is -2.24. The largest absolute Gasteiger partial charge is 0.455 e. The first-order chi connectivity index (χ1) is 46.9. The quantitative estimate of drug-likeness (QED) is 0.172. The molecule has 0 radical (unpaired) electrons. The molecule has 21 rings (SSSR count). The maximum Gasteiger partial charge on any atom is 0.144 e. The first kappa shape index (κ1) is 55.4. The van der Waals surface area contributed by atoms with E-state index in [4.69, 9.17) is 13.3 Å². The first-order valence-electron chi connectivity index (χ1n) is 34.6. The fourth-order valence-corrected chi connectivity index (χ4v) is 19.7. The zero-order valence-electron chi connectivity index (χ0n) is 56.2. The molecule has 3 heterocycles. The summed E-state index contributed by atoms with van der Waals surface area (Å²) in [5, 5.41) is 7.03. The highest BCUT2D eigenvalue weighted by Crippen LogP contribution is 2.67. The van der Waals surface area contributed by atoms with Crippen molar-refractivity contribution in [3.05, 3.63) is 292 Å². The molecule has 4 nitrogen and oxygen atoms in total. The number of fused-ring (bicyclic) bond motifs is 31. The summed E-state index contributed by atoms with van der Waals surface area (Å²) in [6.07, 6.45) is 0. The van der Waals surface area contributed by atoms with Crippen LogP contribution in [0.3, 0.4) is 0 Å². The van der Waals surface area contributed by atoms with Crippen LogP contribution in [0.25, 0.3) is 144 Å². The van der Waals surface area contributed by atoms with Crippen molar-refractivity contribution >= 4 is 82.9 Å². The molecule has 0 spiro atoms. The zero-order valence-corrected chi connectivity index (χ0v) is 56.2. The molecule has 464 valence electrons. The molecule has 5 aliphatic rings. The summed E-state index contributed by atoms with van der Waals surface area (Å²) >= 11 is 0.